The second-order valence-corrected chi connectivity index (χ2v) is 7.56. The Bertz CT molecular complexity index is 910. The quantitative estimate of drug-likeness (QED) is 0.648. The summed E-state index contributed by atoms with van der Waals surface area (Å²) in [5, 5.41) is 0. The average molecular weight is 365 g/mol. The van der Waals surface area contributed by atoms with E-state index in [1.54, 1.807) is 23.5 Å². The van der Waals surface area contributed by atoms with Crippen LogP contribution in [0, 0.1) is 6.92 Å². The fourth-order valence-electron chi connectivity index (χ4n) is 2.05. The topological polar surface area (TPSA) is 74.7 Å². The molecule has 2 aromatic carbocycles. The summed E-state index contributed by atoms with van der Waals surface area (Å²) in [4.78, 5) is 4.37. The molecule has 0 spiro atoms. The summed E-state index contributed by atoms with van der Waals surface area (Å²) in [6, 6.07) is 10.4. The minimum Gasteiger partial charge on any atom is -0.454 e. The van der Waals surface area contributed by atoms with Crippen molar-refractivity contribution >= 4 is 31.7 Å². The smallest absolute Gasteiger partial charge is 0.296 e. The van der Waals surface area contributed by atoms with E-state index < -0.39 is 10.1 Å². The first-order valence-corrected chi connectivity index (χ1v) is 9.28. The van der Waals surface area contributed by atoms with E-state index in [0.717, 1.165) is 34.4 Å². The number of benzene rings is 2. The third-order valence-electron chi connectivity index (χ3n) is 3.35. The van der Waals surface area contributed by atoms with Crippen LogP contribution in [-0.2, 0) is 14.3 Å². The largest absolute Gasteiger partial charge is 0.454 e. The Hall–Kier alpha value is -2.16. The molecule has 1 aliphatic rings. The molecule has 8 heteroatoms. The molecule has 0 atom stereocenters. The number of aryl methyl sites for hydroxylation is 1. The van der Waals surface area contributed by atoms with Crippen LogP contribution in [0.5, 0.6) is 11.5 Å². The van der Waals surface area contributed by atoms with Crippen molar-refractivity contribution in [3.05, 3.63) is 47.5 Å². The Labute approximate surface area is 143 Å². The minimum atomic E-state index is -3.51. The van der Waals surface area contributed by atoms with Gasteiger partial charge < -0.3 is 9.47 Å². The summed E-state index contributed by atoms with van der Waals surface area (Å²) >= 11 is 1.61. The lowest BCUT2D eigenvalue weighted by atomic mass is 10.2. The molecule has 2 heterocycles. The Morgan fingerprint density at radius 1 is 1.12 bits per heavy atom. The third-order valence-corrected chi connectivity index (χ3v) is 5.43. The Morgan fingerprint density at radius 3 is 2.46 bits per heavy atom. The molecular weight excluding hydrogens is 350 g/mol. The van der Waals surface area contributed by atoms with E-state index in [9.17, 15) is 8.42 Å². The highest BCUT2D eigenvalue weighted by molar-refractivity contribution is 7.86. The van der Waals surface area contributed by atoms with Crippen LogP contribution in [-0.4, -0.2) is 27.3 Å². The molecule has 3 aromatic rings. The first-order chi connectivity index (χ1) is 11.5. The SMILES string of the molecule is COS(=O)(=O)c1ccc(C)cc1.c1nc2cc3c(cc2s1)OCO3. The number of aromatic nitrogens is 1. The molecule has 0 unspecified atom stereocenters. The van der Waals surface area contributed by atoms with Crippen molar-refractivity contribution in [1.82, 2.24) is 4.98 Å². The van der Waals surface area contributed by atoms with E-state index in [1.807, 2.05) is 24.6 Å². The number of hydrogen-bond donors (Lipinski definition) is 0. The van der Waals surface area contributed by atoms with Crippen molar-refractivity contribution in [1.29, 1.82) is 0 Å². The van der Waals surface area contributed by atoms with Gasteiger partial charge in [0.25, 0.3) is 10.1 Å². The second-order valence-electron chi connectivity index (χ2n) is 4.96. The number of hydrogen-bond acceptors (Lipinski definition) is 7. The maximum absolute atomic E-state index is 11.1. The van der Waals surface area contributed by atoms with Crippen LogP contribution in [0.2, 0.25) is 0 Å². The lowest BCUT2D eigenvalue weighted by Crippen LogP contribution is -2.02. The predicted molar refractivity (Wildman–Crippen MR) is 91.1 cm³/mol. The van der Waals surface area contributed by atoms with E-state index in [1.165, 1.54) is 12.1 Å². The molecule has 0 amide bonds. The van der Waals surface area contributed by atoms with Crippen molar-refractivity contribution in [2.45, 2.75) is 11.8 Å². The van der Waals surface area contributed by atoms with E-state index in [-0.39, 0.29) is 4.90 Å². The van der Waals surface area contributed by atoms with Gasteiger partial charge in [-0.25, -0.2) is 4.98 Å². The lowest BCUT2D eigenvalue weighted by Gasteiger charge is -2.00. The zero-order chi connectivity index (χ0) is 17.2. The molecule has 0 fully saturated rings. The Kier molecular flexibility index (Phi) is 4.70. The summed E-state index contributed by atoms with van der Waals surface area (Å²) in [6.07, 6.45) is 0. The highest BCUT2D eigenvalue weighted by Crippen LogP contribution is 2.36. The highest BCUT2D eigenvalue weighted by atomic mass is 32.2. The van der Waals surface area contributed by atoms with Gasteiger partial charge in [-0.15, -0.1) is 11.3 Å². The van der Waals surface area contributed by atoms with E-state index >= 15 is 0 Å². The lowest BCUT2D eigenvalue weighted by molar-refractivity contribution is 0.174. The van der Waals surface area contributed by atoms with Crippen LogP contribution in [0.1, 0.15) is 5.56 Å². The van der Waals surface area contributed by atoms with Crippen molar-refractivity contribution in [3.8, 4) is 11.5 Å². The van der Waals surface area contributed by atoms with Gasteiger partial charge in [-0.05, 0) is 19.1 Å². The van der Waals surface area contributed by atoms with Crippen molar-refractivity contribution < 1.29 is 22.1 Å². The Balaban J connectivity index is 0.000000141. The standard InChI is InChI=1S/C8H5NO2S.C8H10O3S/c1-5-8(12-3-9-5)2-7-6(1)10-4-11-7;1-7-3-5-8(6-4-7)12(9,10)11-2/h1-3H,4H2;3-6H,1-2H3. The molecule has 0 saturated heterocycles. The molecule has 1 aromatic heterocycles. The number of thiazole rings is 1. The summed E-state index contributed by atoms with van der Waals surface area (Å²) in [6.45, 7) is 2.22. The fraction of sp³-hybridized carbons (Fsp3) is 0.188. The monoisotopic (exact) mass is 365 g/mol. The van der Waals surface area contributed by atoms with Gasteiger partial charge in [0.15, 0.2) is 11.5 Å². The molecule has 126 valence electrons. The number of fused-ring (bicyclic) bond motifs is 2. The summed E-state index contributed by atoms with van der Waals surface area (Å²) in [5.74, 6) is 1.63. The maximum atomic E-state index is 11.1. The van der Waals surface area contributed by atoms with Gasteiger partial charge in [-0.2, -0.15) is 8.42 Å². The van der Waals surface area contributed by atoms with Crippen LogP contribution in [0.3, 0.4) is 0 Å². The zero-order valence-electron chi connectivity index (χ0n) is 13.1. The number of rotatable bonds is 2. The molecule has 24 heavy (non-hydrogen) atoms. The minimum absolute atomic E-state index is 0.190. The first-order valence-electron chi connectivity index (χ1n) is 7.00. The molecule has 4 rings (SSSR count). The number of nitrogens with zero attached hydrogens (tertiary/aromatic N) is 1. The van der Waals surface area contributed by atoms with E-state index in [0.29, 0.717) is 6.79 Å². The normalized spacial score (nSPS) is 12.8. The van der Waals surface area contributed by atoms with E-state index in [4.69, 9.17) is 9.47 Å². The van der Waals surface area contributed by atoms with Gasteiger partial charge in [0, 0.05) is 12.1 Å². The molecule has 1 aliphatic heterocycles. The predicted octanol–water partition coefficient (Wildman–Crippen LogP) is 3.36. The first kappa shape index (κ1) is 16.7. The van der Waals surface area contributed by atoms with Crippen molar-refractivity contribution in [2.75, 3.05) is 13.9 Å². The van der Waals surface area contributed by atoms with Crippen LogP contribution >= 0.6 is 11.3 Å². The van der Waals surface area contributed by atoms with Crippen molar-refractivity contribution in [2.24, 2.45) is 0 Å². The van der Waals surface area contributed by atoms with Crippen LogP contribution in [0.15, 0.2) is 46.8 Å². The van der Waals surface area contributed by atoms with Gasteiger partial charge in [-0.1, -0.05) is 17.7 Å². The fourth-order valence-corrected chi connectivity index (χ4v) is 3.40. The second kappa shape index (κ2) is 6.76. The van der Waals surface area contributed by atoms with Crippen LogP contribution in [0.25, 0.3) is 10.2 Å². The van der Waals surface area contributed by atoms with Gasteiger partial charge in [0.05, 0.1) is 27.7 Å². The molecule has 6 nitrogen and oxygen atoms in total. The molecule has 0 N–H and O–H groups in total. The van der Waals surface area contributed by atoms with Crippen LogP contribution in [0.4, 0.5) is 0 Å². The summed E-state index contributed by atoms with van der Waals surface area (Å²) < 4.78 is 38.1. The number of ether oxygens (including phenoxy) is 2. The molecule has 0 saturated carbocycles. The van der Waals surface area contributed by atoms with E-state index in [2.05, 4.69) is 9.17 Å². The van der Waals surface area contributed by atoms with Crippen LogP contribution < -0.4 is 9.47 Å². The zero-order valence-corrected chi connectivity index (χ0v) is 14.7. The molecule has 0 bridgehead atoms. The third kappa shape index (κ3) is 3.50. The highest BCUT2D eigenvalue weighted by Gasteiger charge is 2.14. The molecule has 0 aliphatic carbocycles. The molecule has 0 radical (unpaired) electrons. The molecular formula is C16H15NO5S2. The van der Waals surface area contributed by atoms with Gasteiger partial charge >= 0.3 is 0 Å². The summed E-state index contributed by atoms with van der Waals surface area (Å²) in [7, 11) is -2.37. The maximum Gasteiger partial charge on any atom is 0.296 e. The Morgan fingerprint density at radius 2 is 1.79 bits per heavy atom. The van der Waals surface area contributed by atoms with Crippen molar-refractivity contribution in [3.63, 3.8) is 0 Å². The van der Waals surface area contributed by atoms with Gasteiger partial charge in [-0.3, -0.25) is 4.18 Å². The summed E-state index contributed by atoms with van der Waals surface area (Å²) in [5.41, 5.74) is 3.81. The average Bonchev–Trinajstić information content (AvgIpc) is 3.21. The van der Waals surface area contributed by atoms with Gasteiger partial charge in [0.1, 0.15) is 0 Å². The van der Waals surface area contributed by atoms with Gasteiger partial charge in [0.2, 0.25) is 6.79 Å².